The molecule has 0 aliphatic carbocycles. The van der Waals surface area contributed by atoms with Gasteiger partial charge in [0.05, 0.1) is 21.6 Å². The van der Waals surface area contributed by atoms with Crippen molar-refractivity contribution >= 4 is 74.8 Å². The summed E-state index contributed by atoms with van der Waals surface area (Å²) in [6, 6.07) is 14.3. The van der Waals surface area contributed by atoms with Gasteiger partial charge in [0.1, 0.15) is 0 Å². The number of fused-ring (bicyclic) bond motifs is 1. The monoisotopic (exact) mass is 706 g/mol. The number of hydrogen-bond donors (Lipinski definition) is 1. The van der Waals surface area contributed by atoms with Crippen molar-refractivity contribution < 1.29 is 33.3 Å². The van der Waals surface area contributed by atoms with Crippen LogP contribution in [0.4, 0.5) is 10.5 Å². The topological polar surface area (TPSA) is 103 Å². The van der Waals surface area contributed by atoms with E-state index in [4.69, 9.17) is 30.5 Å². The molecule has 12 heteroatoms. The van der Waals surface area contributed by atoms with Crippen molar-refractivity contribution in [2.45, 2.75) is 20.4 Å². The fourth-order valence-corrected chi connectivity index (χ4v) is 6.00. The van der Waals surface area contributed by atoms with Gasteiger partial charge in [-0.3, -0.25) is 19.3 Å². The van der Waals surface area contributed by atoms with Gasteiger partial charge in [0.2, 0.25) is 6.79 Å². The Balaban J connectivity index is 1.31. The highest BCUT2D eigenvalue weighted by atomic mass is 127. The molecule has 9 nitrogen and oxygen atoms in total. The highest BCUT2D eigenvalue weighted by Crippen LogP contribution is 2.40. The van der Waals surface area contributed by atoms with Gasteiger partial charge < -0.3 is 24.3 Å². The number of ether oxygens (including phenoxy) is 4. The van der Waals surface area contributed by atoms with Crippen LogP contribution in [0, 0.1) is 10.5 Å². The van der Waals surface area contributed by atoms with E-state index >= 15 is 0 Å². The predicted octanol–water partition coefficient (Wildman–Crippen LogP) is 6.63. The number of carbonyl (C=O) groups is 3. The number of nitrogens with zero attached hydrogens (tertiary/aromatic N) is 1. The average Bonchev–Trinajstić information content (AvgIpc) is 3.47. The lowest BCUT2D eigenvalue weighted by Gasteiger charge is -2.15. The third-order valence-corrected chi connectivity index (χ3v) is 8.08. The van der Waals surface area contributed by atoms with Gasteiger partial charge in [-0.1, -0.05) is 23.7 Å². The molecule has 0 bridgehead atoms. The van der Waals surface area contributed by atoms with Gasteiger partial charge in [-0.05, 0) is 101 Å². The van der Waals surface area contributed by atoms with Crippen LogP contribution in [-0.4, -0.2) is 42.0 Å². The molecule has 2 aliphatic rings. The minimum Gasteiger partial charge on any atom is -0.490 e. The minimum absolute atomic E-state index is 0.00337. The zero-order chi connectivity index (χ0) is 29.1. The molecule has 212 valence electrons. The summed E-state index contributed by atoms with van der Waals surface area (Å²) in [5.74, 6) is 1.12. The summed E-state index contributed by atoms with van der Waals surface area (Å²) in [6.07, 6.45) is 1.63. The molecule has 0 atom stereocenters. The molecule has 1 saturated heterocycles. The number of halogens is 2. The number of benzene rings is 3. The molecule has 0 radical (unpaired) electrons. The summed E-state index contributed by atoms with van der Waals surface area (Å²) in [7, 11) is 0. The Bertz CT molecular complexity index is 1580. The molecular weight excluding hydrogens is 683 g/mol. The molecule has 0 spiro atoms. The van der Waals surface area contributed by atoms with Gasteiger partial charge in [-0.2, -0.15) is 0 Å². The molecule has 3 aromatic carbocycles. The Morgan fingerprint density at radius 1 is 1.15 bits per heavy atom. The van der Waals surface area contributed by atoms with Gasteiger partial charge in [0.15, 0.2) is 29.6 Å². The molecule has 5 rings (SSSR count). The van der Waals surface area contributed by atoms with Crippen LogP contribution in [0.15, 0.2) is 53.4 Å². The normalized spacial score (nSPS) is 15.0. The summed E-state index contributed by atoms with van der Waals surface area (Å²) in [4.78, 5) is 39.9. The first-order valence-electron chi connectivity index (χ1n) is 12.5. The number of amides is 3. The molecule has 41 heavy (non-hydrogen) atoms. The smallest absolute Gasteiger partial charge is 0.293 e. The van der Waals surface area contributed by atoms with E-state index in [9.17, 15) is 14.4 Å². The molecule has 0 saturated carbocycles. The van der Waals surface area contributed by atoms with Crippen LogP contribution in [0.3, 0.4) is 0 Å². The molecule has 2 aliphatic heterocycles. The maximum Gasteiger partial charge on any atom is 0.293 e. The van der Waals surface area contributed by atoms with E-state index in [1.54, 1.807) is 36.4 Å². The van der Waals surface area contributed by atoms with E-state index in [2.05, 4.69) is 27.9 Å². The Morgan fingerprint density at radius 3 is 2.68 bits per heavy atom. The molecule has 3 aromatic rings. The van der Waals surface area contributed by atoms with E-state index < -0.39 is 11.1 Å². The number of nitrogens with one attached hydrogen (secondary N) is 1. The lowest BCUT2D eigenvalue weighted by atomic mass is 10.1. The van der Waals surface area contributed by atoms with E-state index in [1.807, 2.05) is 32.0 Å². The standard InChI is InChI=1S/C29H24ClIN2O7S/c1-3-37-24-9-17(8-21(31)27(24)38-14-26(34)32-19-6-4-5-16(2)7-19)10-25-28(35)33(29(36)41-25)13-18-11-22-23(12-20(18)30)40-15-39-22/h4-12H,3,13-15H2,1-2H3,(H,32,34)/b25-10-. The SMILES string of the molecule is CCOc1cc(/C=C2\SC(=O)N(Cc3cc4c(cc3Cl)OCO4)C2=O)cc(I)c1OCC(=O)Nc1cccc(C)c1. The molecular formula is C29H24ClIN2O7S. The fraction of sp³-hybridized carbons (Fsp3) is 0.207. The number of thioether (sulfide) groups is 1. The van der Waals surface area contributed by atoms with Crippen molar-refractivity contribution in [3.63, 3.8) is 0 Å². The lowest BCUT2D eigenvalue weighted by molar-refractivity contribution is -0.123. The van der Waals surface area contributed by atoms with Crippen LogP contribution in [0.2, 0.25) is 5.02 Å². The molecule has 0 unspecified atom stereocenters. The van der Waals surface area contributed by atoms with Crippen LogP contribution < -0.4 is 24.3 Å². The first-order valence-corrected chi connectivity index (χ1v) is 14.8. The van der Waals surface area contributed by atoms with Crippen molar-refractivity contribution in [3.05, 3.63) is 78.7 Å². The Labute approximate surface area is 259 Å². The Hall–Kier alpha value is -3.42. The lowest BCUT2D eigenvalue weighted by Crippen LogP contribution is -2.27. The fourth-order valence-electron chi connectivity index (χ4n) is 4.17. The van der Waals surface area contributed by atoms with E-state index in [0.717, 1.165) is 22.2 Å². The summed E-state index contributed by atoms with van der Waals surface area (Å²) < 4.78 is 23.0. The third kappa shape index (κ3) is 6.74. The maximum absolute atomic E-state index is 13.2. The second-order valence-electron chi connectivity index (χ2n) is 9.03. The first kappa shape index (κ1) is 29.1. The van der Waals surface area contributed by atoms with E-state index in [-0.39, 0.29) is 30.8 Å². The largest absolute Gasteiger partial charge is 0.490 e. The van der Waals surface area contributed by atoms with Crippen molar-refractivity contribution in [2.75, 3.05) is 25.3 Å². The first-order chi connectivity index (χ1) is 19.7. The van der Waals surface area contributed by atoms with Crippen LogP contribution in [0.1, 0.15) is 23.6 Å². The number of imide groups is 1. The number of hydrogen-bond acceptors (Lipinski definition) is 8. The number of carbonyl (C=O) groups excluding carboxylic acids is 3. The molecule has 1 N–H and O–H groups in total. The average molecular weight is 707 g/mol. The Kier molecular flexibility index (Phi) is 8.95. The van der Waals surface area contributed by atoms with Gasteiger partial charge in [0.25, 0.3) is 17.1 Å². The van der Waals surface area contributed by atoms with Gasteiger partial charge in [-0.25, -0.2) is 0 Å². The Morgan fingerprint density at radius 2 is 1.93 bits per heavy atom. The summed E-state index contributed by atoms with van der Waals surface area (Å²) in [6.45, 7) is 4.01. The minimum atomic E-state index is -0.435. The highest BCUT2D eigenvalue weighted by molar-refractivity contribution is 14.1. The van der Waals surface area contributed by atoms with Crippen LogP contribution >= 0.6 is 46.0 Å². The van der Waals surface area contributed by atoms with E-state index in [0.29, 0.717) is 55.0 Å². The van der Waals surface area contributed by atoms with Crippen molar-refractivity contribution in [2.24, 2.45) is 0 Å². The van der Waals surface area contributed by atoms with Crippen molar-refractivity contribution in [1.29, 1.82) is 0 Å². The second kappa shape index (κ2) is 12.6. The zero-order valence-corrected chi connectivity index (χ0v) is 25.7. The van der Waals surface area contributed by atoms with Crippen molar-refractivity contribution in [3.8, 4) is 23.0 Å². The summed E-state index contributed by atoms with van der Waals surface area (Å²) >= 11 is 9.29. The second-order valence-corrected chi connectivity index (χ2v) is 11.6. The number of aryl methyl sites for hydroxylation is 1. The quantitative estimate of drug-likeness (QED) is 0.195. The third-order valence-electron chi connectivity index (χ3n) is 6.02. The van der Waals surface area contributed by atoms with Gasteiger partial charge in [0, 0.05) is 16.8 Å². The van der Waals surface area contributed by atoms with Crippen LogP contribution in [-0.2, 0) is 16.1 Å². The van der Waals surface area contributed by atoms with Gasteiger partial charge in [-0.15, -0.1) is 0 Å². The van der Waals surface area contributed by atoms with Crippen molar-refractivity contribution in [1.82, 2.24) is 4.90 Å². The maximum atomic E-state index is 13.2. The summed E-state index contributed by atoms with van der Waals surface area (Å²) in [5, 5.41) is 2.78. The predicted molar refractivity (Wildman–Crippen MR) is 165 cm³/mol. The van der Waals surface area contributed by atoms with Crippen LogP contribution in [0.25, 0.3) is 6.08 Å². The zero-order valence-electron chi connectivity index (χ0n) is 22.0. The molecule has 0 aromatic heterocycles. The molecule has 2 heterocycles. The van der Waals surface area contributed by atoms with Crippen LogP contribution in [0.5, 0.6) is 23.0 Å². The molecule has 3 amide bonds. The number of rotatable bonds is 9. The number of anilines is 1. The summed E-state index contributed by atoms with van der Waals surface area (Å²) in [5.41, 5.74) is 2.92. The van der Waals surface area contributed by atoms with E-state index in [1.165, 1.54) is 0 Å². The van der Waals surface area contributed by atoms with Gasteiger partial charge >= 0.3 is 0 Å². The molecule has 1 fully saturated rings. The highest BCUT2D eigenvalue weighted by Gasteiger charge is 2.36.